The summed E-state index contributed by atoms with van der Waals surface area (Å²) in [7, 11) is 0. The van der Waals surface area contributed by atoms with Gasteiger partial charge in [0.05, 0.1) is 12.7 Å². The summed E-state index contributed by atoms with van der Waals surface area (Å²) in [6.07, 6.45) is -0.774. The van der Waals surface area contributed by atoms with E-state index in [1.807, 2.05) is 0 Å². The molecule has 0 aliphatic rings. The van der Waals surface area contributed by atoms with Gasteiger partial charge in [0.1, 0.15) is 0 Å². The van der Waals surface area contributed by atoms with Crippen LogP contribution >= 0.6 is 0 Å². The third-order valence-corrected chi connectivity index (χ3v) is 4.69. The number of anilines is 1. The normalized spacial score (nSPS) is 13.5. The Bertz CT molecular complexity index is 721. The van der Waals surface area contributed by atoms with Gasteiger partial charge in [0.25, 0.3) is 0 Å². The average Bonchev–Trinajstić information content (AvgIpc) is 2.58. The van der Waals surface area contributed by atoms with Gasteiger partial charge >= 0.3 is 0 Å². The molecule has 142 valence electrons. The highest BCUT2D eigenvalue weighted by molar-refractivity contribution is 5.79. The third kappa shape index (κ3) is 5.09. The van der Waals surface area contributed by atoms with Crippen molar-refractivity contribution in [1.82, 2.24) is 0 Å². The number of aliphatic hydroxyl groups is 2. The summed E-state index contributed by atoms with van der Waals surface area (Å²) in [5.41, 5.74) is 5.92. The number of aliphatic hydroxyl groups excluding tert-OH is 2. The summed E-state index contributed by atoms with van der Waals surface area (Å²) in [6.45, 7) is 13.3. The molecule has 0 spiro atoms. The number of hydrogen-bond donors (Lipinski definition) is 3. The summed E-state index contributed by atoms with van der Waals surface area (Å²) in [6, 6.07) is 15.1. The standard InChI is InChI=1S/C23H33NO2/c1-22(2,3)17-9-7-16(8-10-17)20-12-11-18(23(4,5)6)13-21(20)24-14-19(26)15-25/h7-13,19,24-26H,14-15H2,1-6H3. The molecule has 0 radical (unpaired) electrons. The highest BCUT2D eigenvalue weighted by Gasteiger charge is 2.18. The molecule has 0 aromatic heterocycles. The monoisotopic (exact) mass is 355 g/mol. The highest BCUT2D eigenvalue weighted by Crippen LogP contribution is 2.34. The summed E-state index contributed by atoms with van der Waals surface area (Å²) in [5, 5.41) is 22.1. The Morgan fingerprint density at radius 1 is 0.846 bits per heavy atom. The van der Waals surface area contributed by atoms with E-state index >= 15 is 0 Å². The Labute approximate surface area is 158 Å². The molecule has 0 saturated heterocycles. The topological polar surface area (TPSA) is 52.5 Å². The molecule has 0 heterocycles. The van der Waals surface area contributed by atoms with E-state index in [-0.39, 0.29) is 17.4 Å². The van der Waals surface area contributed by atoms with E-state index in [9.17, 15) is 5.11 Å². The Hall–Kier alpha value is -1.84. The van der Waals surface area contributed by atoms with Crippen molar-refractivity contribution in [3.05, 3.63) is 53.6 Å². The average molecular weight is 356 g/mol. The molecule has 0 bridgehead atoms. The molecule has 26 heavy (non-hydrogen) atoms. The van der Waals surface area contributed by atoms with E-state index in [4.69, 9.17) is 5.11 Å². The first-order valence-electron chi connectivity index (χ1n) is 9.30. The molecule has 1 unspecified atom stereocenters. The van der Waals surface area contributed by atoms with Crippen LogP contribution in [0.25, 0.3) is 11.1 Å². The second-order valence-electron chi connectivity index (χ2n) is 9.06. The van der Waals surface area contributed by atoms with E-state index in [1.165, 1.54) is 11.1 Å². The molecule has 0 amide bonds. The van der Waals surface area contributed by atoms with Gasteiger partial charge in [-0.2, -0.15) is 0 Å². The molecule has 3 N–H and O–H groups in total. The van der Waals surface area contributed by atoms with Gasteiger partial charge in [0.2, 0.25) is 0 Å². The zero-order valence-electron chi connectivity index (χ0n) is 16.9. The van der Waals surface area contributed by atoms with Crippen LogP contribution in [0.5, 0.6) is 0 Å². The van der Waals surface area contributed by atoms with E-state index in [0.29, 0.717) is 6.54 Å². The van der Waals surface area contributed by atoms with Crippen molar-refractivity contribution in [2.24, 2.45) is 0 Å². The maximum Gasteiger partial charge on any atom is 0.0942 e. The fourth-order valence-corrected chi connectivity index (χ4v) is 2.85. The lowest BCUT2D eigenvalue weighted by Crippen LogP contribution is -2.23. The summed E-state index contributed by atoms with van der Waals surface area (Å²) < 4.78 is 0. The first-order chi connectivity index (χ1) is 12.0. The van der Waals surface area contributed by atoms with Crippen molar-refractivity contribution in [2.75, 3.05) is 18.5 Å². The van der Waals surface area contributed by atoms with Crippen molar-refractivity contribution < 1.29 is 10.2 Å². The molecule has 2 aromatic carbocycles. The summed E-state index contributed by atoms with van der Waals surface area (Å²) in [5.74, 6) is 0. The maximum atomic E-state index is 9.72. The number of benzene rings is 2. The maximum absolute atomic E-state index is 9.72. The van der Waals surface area contributed by atoms with Gasteiger partial charge in [-0.15, -0.1) is 0 Å². The van der Waals surface area contributed by atoms with Crippen molar-refractivity contribution in [3.63, 3.8) is 0 Å². The van der Waals surface area contributed by atoms with E-state index < -0.39 is 6.10 Å². The van der Waals surface area contributed by atoms with Gasteiger partial charge in [-0.3, -0.25) is 0 Å². The molecule has 0 fully saturated rings. The first-order valence-corrected chi connectivity index (χ1v) is 9.30. The molecule has 3 nitrogen and oxygen atoms in total. The lowest BCUT2D eigenvalue weighted by atomic mass is 9.84. The van der Waals surface area contributed by atoms with Gasteiger partial charge in [-0.1, -0.05) is 77.9 Å². The minimum Gasteiger partial charge on any atom is -0.394 e. The fraction of sp³-hybridized carbons (Fsp3) is 0.478. The minimum absolute atomic E-state index is 0.0423. The van der Waals surface area contributed by atoms with Crippen molar-refractivity contribution in [2.45, 2.75) is 58.5 Å². The summed E-state index contributed by atoms with van der Waals surface area (Å²) >= 11 is 0. The van der Waals surface area contributed by atoms with E-state index in [2.05, 4.69) is 89.3 Å². The van der Waals surface area contributed by atoms with Crippen LogP contribution in [-0.2, 0) is 10.8 Å². The Balaban J connectivity index is 2.42. The lowest BCUT2D eigenvalue weighted by Gasteiger charge is -2.23. The van der Waals surface area contributed by atoms with Crippen LogP contribution < -0.4 is 5.32 Å². The molecule has 2 rings (SSSR count). The predicted octanol–water partition coefficient (Wildman–Crippen LogP) is 4.71. The number of rotatable bonds is 5. The quantitative estimate of drug-likeness (QED) is 0.728. The van der Waals surface area contributed by atoms with Crippen LogP contribution in [0, 0.1) is 0 Å². The largest absolute Gasteiger partial charge is 0.394 e. The Kier molecular flexibility index (Phi) is 6.15. The van der Waals surface area contributed by atoms with Gasteiger partial charge in [0, 0.05) is 17.8 Å². The van der Waals surface area contributed by atoms with Crippen molar-refractivity contribution in [1.29, 1.82) is 0 Å². The Morgan fingerprint density at radius 3 is 1.88 bits per heavy atom. The van der Waals surface area contributed by atoms with Crippen LogP contribution in [0.1, 0.15) is 52.7 Å². The van der Waals surface area contributed by atoms with Crippen molar-refractivity contribution in [3.8, 4) is 11.1 Å². The molecule has 0 aliphatic carbocycles. The zero-order chi connectivity index (χ0) is 19.5. The third-order valence-electron chi connectivity index (χ3n) is 4.69. The van der Waals surface area contributed by atoms with Crippen LogP contribution in [0.3, 0.4) is 0 Å². The zero-order valence-corrected chi connectivity index (χ0v) is 16.9. The van der Waals surface area contributed by atoms with Crippen LogP contribution in [-0.4, -0.2) is 29.5 Å². The second-order valence-corrected chi connectivity index (χ2v) is 9.06. The van der Waals surface area contributed by atoms with Crippen LogP contribution in [0.15, 0.2) is 42.5 Å². The second kappa shape index (κ2) is 7.81. The number of nitrogens with one attached hydrogen (secondary N) is 1. The minimum atomic E-state index is -0.774. The molecular weight excluding hydrogens is 322 g/mol. The van der Waals surface area contributed by atoms with Gasteiger partial charge in [0.15, 0.2) is 0 Å². The Morgan fingerprint density at radius 2 is 1.38 bits per heavy atom. The van der Waals surface area contributed by atoms with E-state index in [0.717, 1.165) is 16.8 Å². The lowest BCUT2D eigenvalue weighted by molar-refractivity contribution is 0.105. The molecule has 2 aromatic rings. The summed E-state index contributed by atoms with van der Waals surface area (Å²) in [4.78, 5) is 0. The smallest absolute Gasteiger partial charge is 0.0942 e. The molecule has 1 atom stereocenters. The SMILES string of the molecule is CC(C)(C)c1ccc(-c2ccc(C(C)(C)C)cc2NCC(O)CO)cc1. The van der Waals surface area contributed by atoms with Gasteiger partial charge in [-0.25, -0.2) is 0 Å². The van der Waals surface area contributed by atoms with Crippen LogP contribution in [0.4, 0.5) is 5.69 Å². The van der Waals surface area contributed by atoms with Gasteiger partial charge < -0.3 is 15.5 Å². The number of hydrogen-bond acceptors (Lipinski definition) is 3. The fourth-order valence-electron chi connectivity index (χ4n) is 2.85. The molecular formula is C23H33NO2. The van der Waals surface area contributed by atoms with E-state index in [1.54, 1.807) is 0 Å². The molecule has 0 aliphatic heterocycles. The molecule has 3 heteroatoms. The van der Waals surface area contributed by atoms with Crippen LogP contribution in [0.2, 0.25) is 0 Å². The van der Waals surface area contributed by atoms with Crippen molar-refractivity contribution >= 4 is 5.69 Å². The molecule has 0 saturated carbocycles. The predicted molar refractivity (Wildman–Crippen MR) is 111 cm³/mol. The first kappa shape index (κ1) is 20.5. The highest BCUT2D eigenvalue weighted by atomic mass is 16.3. The van der Waals surface area contributed by atoms with Gasteiger partial charge in [-0.05, 0) is 33.6 Å².